The van der Waals surface area contributed by atoms with Crippen LogP contribution in [0.25, 0.3) is 0 Å². The zero-order valence-corrected chi connectivity index (χ0v) is 4.92. The first-order valence-corrected chi connectivity index (χ1v) is 2.70. The summed E-state index contributed by atoms with van der Waals surface area (Å²) in [5, 5.41) is 2.72. The van der Waals surface area contributed by atoms with Crippen LogP contribution in [0.4, 0.5) is 0 Å². The van der Waals surface area contributed by atoms with Crippen LogP contribution in [-0.4, -0.2) is 6.29 Å². The average Bonchev–Trinajstić information content (AvgIpc) is 1.89. The molecule has 0 aromatic rings. The number of rotatable bonds is 1. The lowest BCUT2D eigenvalue weighted by atomic mass is 10.2. The Morgan fingerprint density at radius 3 is 3.00 bits per heavy atom. The van der Waals surface area contributed by atoms with E-state index in [0.717, 1.165) is 6.29 Å². The van der Waals surface area contributed by atoms with Crippen LogP contribution in [0.5, 0.6) is 0 Å². The van der Waals surface area contributed by atoms with Crippen LogP contribution >= 0.6 is 0 Å². The lowest BCUT2D eigenvalue weighted by Gasteiger charge is -2.07. The highest BCUT2D eigenvalue weighted by molar-refractivity contribution is 5.74. The fourth-order valence-electron chi connectivity index (χ4n) is 0.647. The molecule has 1 aliphatic heterocycles. The van der Waals surface area contributed by atoms with Crippen LogP contribution in [0.1, 0.15) is 6.42 Å². The molecule has 3 heteroatoms. The minimum absolute atomic E-state index is 0.484. The Bertz CT molecular complexity index is 181. The van der Waals surface area contributed by atoms with Crippen molar-refractivity contribution in [3.8, 4) is 0 Å². The lowest BCUT2D eigenvalue weighted by Crippen LogP contribution is -2.17. The van der Waals surface area contributed by atoms with Gasteiger partial charge in [0.05, 0.1) is 5.70 Å². The molecule has 0 aromatic heterocycles. The van der Waals surface area contributed by atoms with E-state index in [1.165, 1.54) is 0 Å². The highest BCUT2D eigenvalue weighted by Gasteiger charge is 2.01. The zero-order valence-electron chi connectivity index (χ0n) is 4.92. The molecular formula is C6H8N2O. The van der Waals surface area contributed by atoms with Crippen molar-refractivity contribution in [3.05, 3.63) is 23.7 Å². The smallest absolute Gasteiger partial charge is 0.168 e. The van der Waals surface area contributed by atoms with E-state index in [1.54, 1.807) is 6.20 Å². The van der Waals surface area contributed by atoms with E-state index in [1.807, 2.05) is 6.08 Å². The molecule has 0 radical (unpaired) electrons. The lowest BCUT2D eigenvalue weighted by molar-refractivity contribution is -0.105. The van der Waals surface area contributed by atoms with Crippen LogP contribution < -0.4 is 11.1 Å². The largest absolute Gasteiger partial charge is 0.400 e. The minimum atomic E-state index is 0.484. The second kappa shape index (κ2) is 2.35. The zero-order chi connectivity index (χ0) is 6.69. The highest BCUT2D eigenvalue weighted by atomic mass is 16.1. The maximum atomic E-state index is 10.1. The van der Waals surface area contributed by atoms with Crippen molar-refractivity contribution < 1.29 is 4.79 Å². The average molecular weight is 124 g/mol. The quantitative estimate of drug-likeness (QED) is 0.478. The van der Waals surface area contributed by atoms with Crippen LogP contribution in [0.15, 0.2) is 23.7 Å². The molecule has 1 aliphatic rings. The molecule has 0 aliphatic carbocycles. The van der Waals surface area contributed by atoms with Gasteiger partial charge in [-0.25, -0.2) is 0 Å². The molecule has 1 rings (SSSR count). The first kappa shape index (κ1) is 5.88. The van der Waals surface area contributed by atoms with E-state index in [-0.39, 0.29) is 0 Å². The standard InChI is InChI=1S/C6H8N2O/c7-5-2-1-3-8-6(5)4-9/h1,3-4,8H,2,7H2. The van der Waals surface area contributed by atoms with Crippen molar-refractivity contribution in [2.45, 2.75) is 6.42 Å². The number of aldehydes is 1. The number of carbonyl (C=O) groups excluding carboxylic acids is 1. The molecule has 0 aromatic carbocycles. The van der Waals surface area contributed by atoms with E-state index >= 15 is 0 Å². The van der Waals surface area contributed by atoms with E-state index in [4.69, 9.17) is 5.73 Å². The van der Waals surface area contributed by atoms with Crippen molar-refractivity contribution >= 4 is 6.29 Å². The third kappa shape index (κ3) is 1.10. The van der Waals surface area contributed by atoms with Crippen molar-refractivity contribution in [2.75, 3.05) is 0 Å². The van der Waals surface area contributed by atoms with Crippen molar-refractivity contribution in [1.29, 1.82) is 0 Å². The van der Waals surface area contributed by atoms with Gasteiger partial charge in [0.1, 0.15) is 0 Å². The number of hydrogen-bond acceptors (Lipinski definition) is 3. The van der Waals surface area contributed by atoms with Gasteiger partial charge >= 0.3 is 0 Å². The van der Waals surface area contributed by atoms with Crippen molar-refractivity contribution in [2.24, 2.45) is 5.73 Å². The van der Waals surface area contributed by atoms with Gasteiger partial charge in [-0.05, 0) is 6.20 Å². The first-order chi connectivity index (χ1) is 4.34. The summed E-state index contributed by atoms with van der Waals surface area (Å²) in [6.07, 6.45) is 4.96. The molecule has 0 bridgehead atoms. The van der Waals surface area contributed by atoms with Crippen LogP contribution in [0.3, 0.4) is 0 Å². The molecule has 3 N–H and O–H groups in total. The van der Waals surface area contributed by atoms with Gasteiger partial charge in [0.15, 0.2) is 6.29 Å². The molecule has 1 heterocycles. The topological polar surface area (TPSA) is 55.1 Å². The van der Waals surface area contributed by atoms with Gasteiger partial charge in [-0.3, -0.25) is 4.79 Å². The number of hydrogen-bond donors (Lipinski definition) is 2. The van der Waals surface area contributed by atoms with E-state index in [9.17, 15) is 4.79 Å². The predicted octanol–water partition coefficient (Wildman–Crippen LogP) is -0.137. The van der Waals surface area contributed by atoms with Gasteiger partial charge in [0, 0.05) is 12.1 Å². The van der Waals surface area contributed by atoms with E-state index in [0.29, 0.717) is 17.8 Å². The molecule has 0 atom stereocenters. The van der Waals surface area contributed by atoms with Crippen LogP contribution in [0.2, 0.25) is 0 Å². The summed E-state index contributed by atoms with van der Waals surface area (Å²) in [5.74, 6) is 0. The molecule has 3 nitrogen and oxygen atoms in total. The highest BCUT2D eigenvalue weighted by Crippen LogP contribution is 2.02. The fourth-order valence-corrected chi connectivity index (χ4v) is 0.647. The number of nitrogens with two attached hydrogens (primary N) is 1. The van der Waals surface area contributed by atoms with Crippen LogP contribution in [-0.2, 0) is 4.79 Å². The van der Waals surface area contributed by atoms with Gasteiger partial charge in [-0.1, -0.05) is 6.08 Å². The molecule has 0 spiro atoms. The van der Waals surface area contributed by atoms with E-state index in [2.05, 4.69) is 5.32 Å². The normalized spacial score (nSPS) is 17.3. The molecule has 0 saturated heterocycles. The summed E-state index contributed by atoms with van der Waals surface area (Å²) < 4.78 is 0. The monoisotopic (exact) mass is 124 g/mol. The number of dihydropyridines is 1. The summed E-state index contributed by atoms with van der Waals surface area (Å²) in [7, 11) is 0. The van der Waals surface area contributed by atoms with Gasteiger partial charge in [0.25, 0.3) is 0 Å². The molecule has 9 heavy (non-hydrogen) atoms. The molecule has 0 saturated carbocycles. The Hall–Kier alpha value is -1.25. The maximum Gasteiger partial charge on any atom is 0.168 e. The van der Waals surface area contributed by atoms with Gasteiger partial charge < -0.3 is 11.1 Å². The summed E-state index contributed by atoms with van der Waals surface area (Å²) in [6, 6.07) is 0. The Morgan fingerprint density at radius 2 is 2.56 bits per heavy atom. The predicted molar refractivity (Wildman–Crippen MR) is 34.2 cm³/mol. The Morgan fingerprint density at radius 1 is 1.78 bits per heavy atom. The number of allylic oxidation sites excluding steroid dienone is 2. The molecular weight excluding hydrogens is 116 g/mol. The summed E-state index contributed by atoms with van der Waals surface area (Å²) in [4.78, 5) is 10.1. The number of nitrogens with one attached hydrogen (secondary N) is 1. The Balaban J connectivity index is 2.75. The van der Waals surface area contributed by atoms with Gasteiger partial charge in [-0.15, -0.1) is 0 Å². The molecule has 0 amide bonds. The molecule has 0 unspecified atom stereocenters. The fraction of sp³-hybridized carbons (Fsp3) is 0.167. The number of carbonyl (C=O) groups is 1. The first-order valence-electron chi connectivity index (χ1n) is 2.70. The molecule has 0 fully saturated rings. The molecule has 48 valence electrons. The summed E-state index contributed by atoms with van der Waals surface area (Å²) in [6.45, 7) is 0. The van der Waals surface area contributed by atoms with Gasteiger partial charge in [0.2, 0.25) is 0 Å². The van der Waals surface area contributed by atoms with Crippen LogP contribution in [0, 0.1) is 0 Å². The minimum Gasteiger partial charge on any atom is -0.400 e. The van der Waals surface area contributed by atoms with E-state index < -0.39 is 0 Å². The third-order valence-corrected chi connectivity index (χ3v) is 1.16. The second-order valence-corrected chi connectivity index (χ2v) is 1.81. The van der Waals surface area contributed by atoms with Gasteiger partial charge in [-0.2, -0.15) is 0 Å². The summed E-state index contributed by atoms with van der Waals surface area (Å²) >= 11 is 0. The van der Waals surface area contributed by atoms with Crippen molar-refractivity contribution in [1.82, 2.24) is 5.32 Å². The maximum absolute atomic E-state index is 10.1. The Labute approximate surface area is 53.2 Å². The SMILES string of the molecule is NC1=C(C=O)NC=CC1. The second-order valence-electron chi connectivity index (χ2n) is 1.81. The Kier molecular flexibility index (Phi) is 1.53. The van der Waals surface area contributed by atoms with Crippen molar-refractivity contribution in [3.63, 3.8) is 0 Å². The third-order valence-electron chi connectivity index (χ3n) is 1.16. The summed E-state index contributed by atoms with van der Waals surface area (Å²) in [5.41, 5.74) is 6.51.